The Kier molecular flexibility index (Phi) is 11.5. The Balaban J connectivity index is 0. The number of nitrogens with one attached hydrogen (secondary N) is 2. The van der Waals surface area contributed by atoms with Gasteiger partial charge in [0.25, 0.3) is 0 Å². The first kappa shape index (κ1) is 23.1. The first-order valence-electron chi connectivity index (χ1n) is 7.14. The van der Waals surface area contributed by atoms with Crippen LogP contribution in [0.1, 0.15) is 47.5 Å². The van der Waals surface area contributed by atoms with Gasteiger partial charge in [-0.1, -0.05) is 27.7 Å². The van der Waals surface area contributed by atoms with E-state index in [9.17, 15) is 13.2 Å². The topological polar surface area (TPSA) is 36.4 Å². The van der Waals surface area contributed by atoms with E-state index in [2.05, 4.69) is 43.3 Å². The molecule has 0 aromatic heterocycles. The third kappa shape index (κ3) is 14.5. The van der Waals surface area contributed by atoms with E-state index in [0.29, 0.717) is 25.0 Å². The highest BCUT2D eigenvalue weighted by Gasteiger charge is 2.26. The molecule has 0 aromatic carbocycles. The molecule has 0 spiro atoms. The molecular weight excluding hydrogens is 394 g/mol. The molecule has 0 aliphatic rings. The maximum Gasteiger partial charge on any atom is 0.390 e. The minimum Gasteiger partial charge on any atom is -0.357 e. The van der Waals surface area contributed by atoms with Gasteiger partial charge < -0.3 is 10.6 Å². The van der Waals surface area contributed by atoms with Crippen LogP contribution in [-0.4, -0.2) is 31.8 Å². The molecule has 0 saturated heterocycles. The van der Waals surface area contributed by atoms with Gasteiger partial charge in [-0.3, -0.25) is 4.99 Å². The Labute approximate surface area is 143 Å². The monoisotopic (exact) mass is 423 g/mol. The molecule has 0 unspecified atom stereocenters. The highest BCUT2D eigenvalue weighted by molar-refractivity contribution is 14.0. The standard InChI is InChI=1S/C14H28F3N3.HI/c1-6-18-12(19-8-7-14(15,16)17)20-10-13(4,5)9-11(2)3;/h11H,6-10H2,1-5H3,(H2,18,19,20);1H. The summed E-state index contributed by atoms with van der Waals surface area (Å²) in [5, 5.41) is 5.69. The Morgan fingerprint density at radius 1 is 1.14 bits per heavy atom. The lowest BCUT2D eigenvalue weighted by molar-refractivity contribution is -0.132. The van der Waals surface area contributed by atoms with E-state index in [1.54, 1.807) is 0 Å². The third-order valence-corrected chi connectivity index (χ3v) is 2.67. The molecular formula is C14H29F3IN3. The SMILES string of the molecule is CCNC(=NCC(C)(C)CC(C)C)NCCC(F)(F)F.I. The average Bonchev–Trinajstić information content (AvgIpc) is 2.22. The Morgan fingerprint density at radius 3 is 2.14 bits per heavy atom. The number of guanidine groups is 1. The Morgan fingerprint density at radius 2 is 1.71 bits per heavy atom. The molecule has 3 nitrogen and oxygen atoms in total. The van der Waals surface area contributed by atoms with Crippen LogP contribution in [0.2, 0.25) is 0 Å². The summed E-state index contributed by atoms with van der Waals surface area (Å²) in [5.74, 6) is 1.02. The van der Waals surface area contributed by atoms with Gasteiger partial charge >= 0.3 is 6.18 Å². The number of hydrogen-bond donors (Lipinski definition) is 2. The molecule has 0 saturated carbocycles. The van der Waals surface area contributed by atoms with Crippen LogP contribution in [0.5, 0.6) is 0 Å². The van der Waals surface area contributed by atoms with Gasteiger partial charge in [-0.25, -0.2) is 0 Å². The normalized spacial score (nSPS) is 13.1. The zero-order valence-corrected chi connectivity index (χ0v) is 15.9. The summed E-state index contributed by atoms with van der Waals surface area (Å²) in [7, 11) is 0. The fourth-order valence-electron chi connectivity index (χ4n) is 2.13. The molecule has 21 heavy (non-hydrogen) atoms. The van der Waals surface area contributed by atoms with Crippen LogP contribution in [0.15, 0.2) is 4.99 Å². The summed E-state index contributed by atoms with van der Waals surface area (Å²) >= 11 is 0. The van der Waals surface area contributed by atoms with Crippen molar-refractivity contribution in [2.75, 3.05) is 19.6 Å². The van der Waals surface area contributed by atoms with Crippen molar-refractivity contribution in [3.8, 4) is 0 Å². The number of hydrogen-bond acceptors (Lipinski definition) is 1. The summed E-state index contributed by atoms with van der Waals surface area (Å²) in [6.45, 7) is 11.5. The van der Waals surface area contributed by atoms with Crippen molar-refractivity contribution in [1.82, 2.24) is 10.6 Å². The molecule has 0 heterocycles. The van der Waals surface area contributed by atoms with E-state index in [1.165, 1.54) is 0 Å². The predicted molar refractivity (Wildman–Crippen MR) is 93.3 cm³/mol. The van der Waals surface area contributed by atoms with E-state index in [4.69, 9.17) is 0 Å². The second-order valence-corrected chi connectivity index (χ2v) is 6.25. The lowest BCUT2D eigenvalue weighted by Gasteiger charge is -2.25. The minimum atomic E-state index is -4.14. The van der Waals surface area contributed by atoms with Gasteiger partial charge in [-0.2, -0.15) is 13.2 Å². The second kappa shape index (κ2) is 10.5. The first-order valence-corrected chi connectivity index (χ1v) is 7.14. The molecule has 0 radical (unpaired) electrons. The van der Waals surface area contributed by atoms with E-state index in [0.717, 1.165) is 6.42 Å². The zero-order valence-electron chi connectivity index (χ0n) is 13.6. The van der Waals surface area contributed by atoms with E-state index in [1.807, 2.05) is 6.92 Å². The summed E-state index contributed by atoms with van der Waals surface area (Å²) in [5.41, 5.74) is 0.0422. The maximum atomic E-state index is 12.1. The lowest BCUT2D eigenvalue weighted by atomic mass is 9.84. The molecule has 0 fully saturated rings. The van der Waals surface area contributed by atoms with Gasteiger partial charge in [-0.15, -0.1) is 24.0 Å². The molecule has 7 heteroatoms. The fourth-order valence-corrected chi connectivity index (χ4v) is 2.13. The Bertz CT molecular complexity index is 302. The minimum absolute atomic E-state index is 0. The van der Waals surface area contributed by atoms with Crippen molar-refractivity contribution in [2.24, 2.45) is 16.3 Å². The molecule has 0 aliphatic heterocycles. The number of rotatable bonds is 7. The highest BCUT2D eigenvalue weighted by atomic mass is 127. The van der Waals surface area contributed by atoms with E-state index >= 15 is 0 Å². The van der Waals surface area contributed by atoms with Crippen molar-refractivity contribution in [3.05, 3.63) is 0 Å². The molecule has 0 aliphatic carbocycles. The van der Waals surface area contributed by atoms with Crippen molar-refractivity contribution in [3.63, 3.8) is 0 Å². The van der Waals surface area contributed by atoms with Crippen LogP contribution in [-0.2, 0) is 0 Å². The van der Waals surface area contributed by atoms with Crippen molar-refractivity contribution in [1.29, 1.82) is 0 Å². The van der Waals surface area contributed by atoms with Gasteiger partial charge in [0.05, 0.1) is 6.42 Å². The van der Waals surface area contributed by atoms with Crippen LogP contribution >= 0.6 is 24.0 Å². The second-order valence-electron chi connectivity index (χ2n) is 6.25. The number of aliphatic imine (C=N–C) groups is 1. The van der Waals surface area contributed by atoms with Crippen LogP contribution < -0.4 is 10.6 Å². The highest BCUT2D eigenvalue weighted by Crippen LogP contribution is 2.25. The van der Waals surface area contributed by atoms with Gasteiger partial charge in [0.2, 0.25) is 0 Å². The zero-order chi connectivity index (χ0) is 15.8. The molecule has 2 N–H and O–H groups in total. The smallest absolute Gasteiger partial charge is 0.357 e. The summed E-state index contributed by atoms with van der Waals surface area (Å²) in [6, 6.07) is 0. The summed E-state index contributed by atoms with van der Waals surface area (Å²) in [6.07, 6.45) is -3.97. The van der Waals surface area contributed by atoms with Gasteiger partial charge in [-0.05, 0) is 24.7 Å². The fraction of sp³-hybridized carbons (Fsp3) is 0.929. The van der Waals surface area contributed by atoms with Gasteiger partial charge in [0.1, 0.15) is 0 Å². The van der Waals surface area contributed by atoms with Crippen LogP contribution in [0.25, 0.3) is 0 Å². The van der Waals surface area contributed by atoms with E-state index in [-0.39, 0.29) is 35.9 Å². The van der Waals surface area contributed by atoms with Crippen LogP contribution in [0.3, 0.4) is 0 Å². The molecule has 0 aromatic rings. The molecule has 0 amide bonds. The van der Waals surface area contributed by atoms with E-state index < -0.39 is 12.6 Å². The molecule has 0 atom stereocenters. The maximum absolute atomic E-state index is 12.1. The van der Waals surface area contributed by atoms with Crippen LogP contribution in [0.4, 0.5) is 13.2 Å². The summed E-state index contributed by atoms with van der Waals surface area (Å²) < 4.78 is 36.3. The quantitative estimate of drug-likeness (QED) is 0.366. The number of alkyl halides is 3. The van der Waals surface area contributed by atoms with Crippen LogP contribution in [0, 0.1) is 11.3 Å². The molecule has 0 bridgehead atoms. The predicted octanol–water partition coefficient (Wildman–Crippen LogP) is 4.18. The number of nitrogens with zero attached hydrogens (tertiary/aromatic N) is 1. The first-order chi connectivity index (χ1) is 9.06. The number of halogens is 4. The van der Waals surface area contributed by atoms with Crippen molar-refractivity contribution in [2.45, 2.75) is 53.6 Å². The Hall–Kier alpha value is -0.210. The van der Waals surface area contributed by atoms with Gasteiger partial charge in [0, 0.05) is 19.6 Å². The summed E-state index contributed by atoms with van der Waals surface area (Å²) in [4.78, 5) is 4.38. The van der Waals surface area contributed by atoms with Crippen molar-refractivity contribution < 1.29 is 13.2 Å². The average molecular weight is 423 g/mol. The lowest BCUT2D eigenvalue weighted by Crippen LogP contribution is -2.39. The third-order valence-electron chi connectivity index (χ3n) is 2.67. The van der Waals surface area contributed by atoms with Gasteiger partial charge in [0.15, 0.2) is 5.96 Å². The molecule has 0 rings (SSSR count). The largest absolute Gasteiger partial charge is 0.390 e. The van der Waals surface area contributed by atoms with Crippen molar-refractivity contribution >= 4 is 29.9 Å². The molecule has 128 valence electrons.